The molecule has 0 aromatic carbocycles. The summed E-state index contributed by atoms with van der Waals surface area (Å²) in [5.74, 6) is -5.51. The van der Waals surface area contributed by atoms with Gasteiger partial charge in [-0.25, -0.2) is 9.59 Å². The normalized spacial score (nSPS) is 47.6. The number of aliphatic carboxylic acids is 2. The van der Waals surface area contributed by atoms with Crippen molar-refractivity contribution in [3.05, 3.63) is 0 Å². The number of carboxylic acids is 2. The van der Waals surface area contributed by atoms with Crippen LogP contribution in [0.1, 0.15) is 13.8 Å². The SMILES string of the molecule is CC(=O)N[C@@H]1[C@@H](O[C@@H]2O[C@H](C(=O)O)[C@@H](O[C@@H]3O[C@H](CO)[C@H](O[C@H]4O[C@H](C(=O)O)[C@H](O)[C@H](O)[C@H]4O)[C@H](O)[C@H]3NC(C)=O)[C@H](O)[C@H]2O[C@@H]2O[C@H](CO)[C@@H](O)[C@H](O)[C@H]2O)[C@@H](O)[C@@H](CO)O[C@H]1O. The summed E-state index contributed by atoms with van der Waals surface area (Å²) in [5.41, 5.74) is 0. The van der Waals surface area contributed by atoms with Crippen molar-refractivity contribution in [3.63, 3.8) is 0 Å². The van der Waals surface area contributed by atoms with Gasteiger partial charge in [0.2, 0.25) is 11.8 Å². The number of ether oxygens (including phenoxy) is 9. The Morgan fingerprint density at radius 2 is 0.875 bits per heavy atom. The Balaban J connectivity index is 1.50. The molecule has 368 valence electrons. The molecule has 5 aliphatic heterocycles. The second-order valence-corrected chi connectivity index (χ2v) is 15.5. The summed E-state index contributed by atoms with van der Waals surface area (Å²) in [6, 6.07) is -3.63. The Labute approximate surface area is 359 Å². The zero-order valence-corrected chi connectivity index (χ0v) is 33.6. The van der Waals surface area contributed by atoms with E-state index in [0.717, 1.165) is 13.8 Å². The van der Waals surface area contributed by atoms with Crippen molar-refractivity contribution in [2.45, 2.75) is 167 Å². The highest BCUT2D eigenvalue weighted by Crippen LogP contribution is 2.37. The molecule has 0 aliphatic carbocycles. The number of carboxylic acid groups (broad SMARTS) is 2. The first kappa shape index (κ1) is 52.0. The number of hydrogen-bond donors (Lipinski definition) is 17. The number of aliphatic hydroxyl groups excluding tert-OH is 13. The van der Waals surface area contributed by atoms with Crippen molar-refractivity contribution in [3.8, 4) is 0 Å². The van der Waals surface area contributed by atoms with Crippen LogP contribution in [-0.2, 0) is 61.8 Å². The van der Waals surface area contributed by atoms with Gasteiger partial charge in [-0.15, -0.1) is 0 Å². The van der Waals surface area contributed by atoms with Crippen molar-refractivity contribution in [2.75, 3.05) is 19.8 Å². The molecule has 5 saturated heterocycles. The lowest BCUT2D eigenvalue weighted by molar-refractivity contribution is -0.392. The third-order valence-corrected chi connectivity index (χ3v) is 11.1. The molecule has 0 aromatic heterocycles. The van der Waals surface area contributed by atoms with Gasteiger partial charge < -0.3 is 130 Å². The van der Waals surface area contributed by atoms with E-state index in [0.29, 0.717) is 0 Å². The average molecular weight is 939 g/mol. The predicted molar refractivity (Wildman–Crippen MR) is 191 cm³/mol. The van der Waals surface area contributed by atoms with E-state index in [1.807, 2.05) is 0 Å². The van der Waals surface area contributed by atoms with Crippen LogP contribution < -0.4 is 10.6 Å². The van der Waals surface area contributed by atoms with Crippen molar-refractivity contribution in [2.24, 2.45) is 0 Å². The minimum Gasteiger partial charge on any atom is -0.479 e. The van der Waals surface area contributed by atoms with Crippen LogP contribution in [0, 0.1) is 0 Å². The van der Waals surface area contributed by atoms with Crippen LogP contribution in [-0.4, -0.2) is 274 Å². The maximum atomic E-state index is 12.9. The molecule has 30 heteroatoms. The lowest BCUT2D eigenvalue weighted by atomic mass is 9.93. The van der Waals surface area contributed by atoms with Crippen LogP contribution in [0.5, 0.6) is 0 Å². The van der Waals surface area contributed by atoms with Gasteiger partial charge in [0.1, 0.15) is 110 Å². The highest BCUT2D eigenvalue weighted by atomic mass is 16.8. The van der Waals surface area contributed by atoms with Crippen molar-refractivity contribution < 1.29 is 138 Å². The lowest BCUT2D eigenvalue weighted by Crippen LogP contribution is -2.71. The van der Waals surface area contributed by atoms with Crippen LogP contribution in [0.4, 0.5) is 0 Å². The quantitative estimate of drug-likeness (QED) is 0.0725. The van der Waals surface area contributed by atoms with Crippen molar-refractivity contribution >= 4 is 23.8 Å². The van der Waals surface area contributed by atoms with Gasteiger partial charge in [-0.1, -0.05) is 0 Å². The molecule has 17 N–H and O–H groups in total. The zero-order valence-electron chi connectivity index (χ0n) is 33.6. The molecular formula is C34H54N2O28. The highest BCUT2D eigenvalue weighted by Gasteiger charge is 2.59. The number of aliphatic hydroxyl groups is 13. The monoisotopic (exact) mass is 938 g/mol. The summed E-state index contributed by atoms with van der Waals surface area (Å²) >= 11 is 0. The molecule has 0 bridgehead atoms. The standard InChI is InChI=1S/C34H54N2O28/c1-6(40)35-11-15(44)22(59-33-20(49)17(46)18(47)25(62-33)28(51)52)10(5-39)58-31(11)61-24-21(50)26(63-32-19(48)16(45)13(42)8(3-37)57-32)34(64-27(24)29(53)54)60-23-12(36-7(2)41)30(55)56-9(4-38)14(23)43/h8-27,30-34,37-39,42-50,55H,3-5H2,1-2H3,(H,35,40)(H,36,41)(H,51,52)(H,53,54)/t8-,9-,10-,11-,12-,13-,14+,15-,16+,17+,18-,19-,20-,21+,22+,23-,24+,25+,26-,27+,30-,31+,32+,33+,34-/m1/s1. The fraction of sp³-hybridized carbons (Fsp3) is 0.882. The van der Waals surface area contributed by atoms with E-state index in [-0.39, 0.29) is 0 Å². The Bertz CT molecular complexity index is 1600. The summed E-state index contributed by atoms with van der Waals surface area (Å²) in [6.07, 6.45) is -48.3. The Morgan fingerprint density at radius 3 is 1.42 bits per heavy atom. The molecule has 0 spiro atoms. The Morgan fingerprint density at radius 1 is 0.422 bits per heavy atom. The average Bonchev–Trinajstić information content (AvgIpc) is 3.23. The van der Waals surface area contributed by atoms with E-state index in [4.69, 9.17) is 42.6 Å². The molecular weight excluding hydrogens is 884 g/mol. The number of hydrogen-bond acceptors (Lipinski definition) is 26. The molecule has 5 rings (SSSR count). The van der Waals surface area contributed by atoms with Gasteiger partial charge in [0, 0.05) is 13.8 Å². The first-order chi connectivity index (χ1) is 30.1. The molecule has 2 amide bonds. The van der Waals surface area contributed by atoms with Crippen LogP contribution in [0.25, 0.3) is 0 Å². The second-order valence-electron chi connectivity index (χ2n) is 15.5. The topological polar surface area (TPSA) is 479 Å². The van der Waals surface area contributed by atoms with Crippen molar-refractivity contribution in [1.29, 1.82) is 0 Å². The van der Waals surface area contributed by atoms with E-state index < -0.39 is 197 Å². The van der Waals surface area contributed by atoms with E-state index in [1.165, 1.54) is 0 Å². The number of carbonyl (C=O) groups excluding carboxylic acids is 2. The second kappa shape index (κ2) is 21.7. The summed E-state index contributed by atoms with van der Waals surface area (Å²) in [4.78, 5) is 49.1. The smallest absolute Gasteiger partial charge is 0.335 e. The number of amides is 2. The molecule has 25 atom stereocenters. The third kappa shape index (κ3) is 10.9. The van der Waals surface area contributed by atoms with Gasteiger partial charge in [0.15, 0.2) is 43.7 Å². The van der Waals surface area contributed by atoms with Gasteiger partial charge in [-0.2, -0.15) is 0 Å². The Kier molecular flexibility index (Phi) is 17.7. The summed E-state index contributed by atoms with van der Waals surface area (Å²) in [7, 11) is 0. The van der Waals surface area contributed by atoms with Crippen LogP contribution in [0.2, 0.25) is 0 Å². The van der Waals surface area contributed by atoms with Gasteiger partial charge in [-0.05, 0) is 0 Å². The van der Waals surface area contributed by atoms with Gasteiger partial charge in [0.05, 0.1) is 19.8 Å². The number of carbonyl (C=O) groups is 4. The molecule has 64 heavy (non-hydrogen) atoms. The van der Waals surface area contributed by atoms with Gasteiger partial charge in [-0.3, -0.25) is 9.59 Å². The minimum atomic E-state index is -2.46. The zero-order chi connectivity index (χ0) is 47.6. The summed E-state index contributed by atoms with van der Waals surface area (Å²) in [5, 5.41) is 162. The van der Waals surface area contributed by atoms with Gasteiger partial charge >= 0.3 is 11.9 Å². The van der Waals surface area contributed by atoms with Crippen LogP contribution >= 0.6 is 0 Å². The van der Waals surface area contributed by atoms with Crippen LogP contribution in [0.3, 0.4) is 0 Å². The molecule has 5 aliphatic rings. The first-order valence-corrected chi connectivity index (χ1v) is 19.6. The molecule has 5 heterocycles. The highest BCUT2D eigenvalue weighted by molar-refractivity contribution is 5.74. The lowest BCUT2D eigenvalue weighted by Gasteiger charge is -2.50. The predicted octanol–water partition coefficient (Wildman–Crippen LogP) is -11.5. The molecule has 0 radical (unpaired) electrons. The fourth-order valence-electron chi connectivity index (χ4n) is 7.77. The van der Waals surface area contributed by atoms with E-state index in [9.17, 15) is 95.8 Å². The minimum absolute atomic E-state index is 0.827. The van der Waals surface area contributed by atoms with E-state index in [1.54, 1.807) is 0 Å². The van der Waals surface area contributed by atoms with E-state index >= 15 is 0 Å². The van der Waals surface area contributed by atoms with Crippen molar-refractivity contribution in [1.82, 2.24) is 10.6 Å². The fourth-order valence-corrected chi connectivity index (χ4v) is 7.77. The van der Waals surface area contributed by atoms with E-state index in [2.05, 4.69) is 10.6 Å². The van der Waals surface area contributed by atoms with Crippen LogP contribution in [0.15, 0.2) is 0 Å². The summed E-state index contributed by atoms with van der Waals surface area (Å²) in [6.45, 7) is -1.13. The molecule has 5 fully saturated rings. The molecule has 30 nitrogen and oxygen atoms in total. The van der Waals surface area contributed by atoms with Gasteiger partial charge in [0.25, 0.3) is 0 Å². The largest absolute Gasteiger partial charge is 0.479 e. The summed E-state index contributed by atoms with van der Waals surface area (Å²) < 4.78 is 50.2. The first-order valence-electron chi connectivity index (χ1n) is 19.6. The molecule has 0 saturated carbocycles. The maximum Gasteiger partial charge on any atom is 0.335 e. The number of rotatable bonds is 15. The third-order valence-electron chi connectivity index (χ3n) is 11.1. The Hall–Kier alpha value is -3.00. The molecule has 0 aromatic rings. The molecule has 0 unspecified atom stereocenters. The maximum absolute atomic E-state index is 12.9. The number of nitrogens with one attached hydrogen (secondary N) is 2.